The average Bonchev–Trinajstić information content (AvgIpc) is 3.00. The van der Waals surface area contributed by atoms with Gasteiger partial charge in [0.1, 0.15) is 5.82 Å². The van der Waals surface area contributed by atoms with E-state index in [-0.39, 0.29) is 0 Å². The Bertz CT molecular complexity index is 1280. The first kappa shape index (κ1) is 25.2. The minimum Gasteiger partial charge on any atom is -0.213 e. The predicted molar refractivity (Wildman–Crippen MR) is 162 cm³/mol. The zero-order chi connectivity index (χ0) is 26.8. The molecule has 208 valence electrons. The molecule has 0 aliphatic heterocycles. The van der Waals surface area contributed by atoms with Crippen molar-refractivity contribution in [2.75, 3.05) is 0 Å². The highest BCUT2D eigenvalue weighted by molar-refractivity contribution is 5.61. The number of hydrogen-bond acceptors (Lipinski definition) is 3. The van der Waals surface area contributed by atoms with E-state index in [4.69, 9.17) is 15.0 Å². The molecule has 3 nitrogen and oxygen atoms in total. The third-order valence-electron chi connectivity index (χ3n) is 12.3. The molecule has 3 aromatic rings. The molecular weight excluding hydrogens is 486 g/mol. The second-order valence-corrected chi connectivity index (χ2v) is 14.3. The Morgan fingerprint density at radius 3 is 1.52 bits per heavy atom. The zero-order valence-corrected chi connectivity index (χ0v) is 24.4. The lowest BCUT2D eigenvalue weighted by Crippen LogP contribution is -2.57. The number of fused-ring (bicyclic) bond motifs is 2. The van der Waals surface area contributed by atoms with Crippen molar-refractivity contribution in [1.82, 2.24) is 15.0 Å². The smallest absolute Gasteiger partial charge is 0.163 e. The summed E-state index contributed by atoms with van der Waals surface area (Å²) in [7, 11) is 0. The van der Waals surface area contributed by atoms with Crippen LogP contribution in [0.3, 0.4) is 0 Å². The van der Waals surface area contributed by atoms with Crippen LogP contribution in [-0.4, -0.2) is 15.0 Å². The summed E-state index contributed by atoms with van der Waals surface area (Å²) in [6.07, 6.45) is 16.0. The SMILES string of the molecule is Cc1ccc(-c2nc(-c3ccc(C)cc3)nc(C3CCC4C5CCCC6CCCC(C7CCCC3C74)C65)n2)cc1. The van der Waals surface area contributed by atoms with Gasteiger partial charge in [0.25, 0.3) is 0 Å². The Morgan fingerprint density at radius 2 is 0.950 bits per heavy atom. The van der Waals surface area contributed by atoms with Crippen LogP contribution in [0.2, 0.25) is 0 Å². The highest BCUT2D eigenvalue weighted by Crippen LogP contribution is 2.66. The molecule has 5 aliphatic carbocycles. The normalized spacial score (nSPS) is 36.4. The highest BCUT2D eigenvalue weighted by atomic mass is 15.0. The van der Waals surface area contributed by atoms with Gasteiger partial charge in [0.15, 0.2) is 11.6 Å². The molecule has 0 radical (unpaired) electrons. The molecule has 1 heterocycles. The van der Waals surface area contributed by atoms with Crippen LogP contribution in [0.4, 0.5) is 0 Å². The summed E-state index contributed by atoms with van der Waals surface area (Å²) in [4.78, 5) is 15.7. The van der Waals surface area contributed by atoms with Gasteiger partial charge >= 0.3 is 0 Å². The number of rotatable bonds is 3. The van der Waals surface area contributed by atoms with Gasteiger partial charge in [-0.1, -0.05) is 91.8 Å². The number of hydrogen-bond donors (Lipinski definition) is 0. The first-order chi connectivity index (χ1) is 19.6. The maximum absolute atomic E-state index is 5.31. The van der Waals surface area contributed by atoms with Gasteiger partial charge in [-0.2, -0.15) is 0 Å². The van der Waals surface area contributed by atoms with Crippen LogP contribution in [0.25, 0.3) is 22.8 Å². The van der Waals surface area contributed by atoms with E-state index in [1.807, 2.05) is 0 Å². The molecule has 0 spiro atoms. The van der Waals surface area contributed by atoms with E-state index in [1.54, 1.807) is 0 Å². The molecule has 0 N–H and O–H groups in total. The number of benzene rings is 2. The lowest BCUT2D eigenvalue weighted by Gasteiger charge is -2.63. The highest BCUT2D eigenvalue weighted by Gasteiger charge is 2.59. The maximum atomic E-state index is 5.31. The largest absolute Gasteiger partial charge is 0.213 e. The standard InChI is InChI=1S/C37H45N3/c1-22-12-16-25(17-13-22)35-38-36(26-18-14-23(2)15-19-26)40-37(39-35)32-21-20-31-28-9-4-7-24-6-3-8-27(33(24)28)29-10-5-11-30(32)34(29)31/h12-19,24,27-34H,3-11,20-21H2,1-2H3. The first-order valence-corrected chi connectivity index (χ1v) is 16.5. The average molecular weight is 532 g/mol. The summed E-state index contributed by atoms with van der Waals surface area (Å²) in [6.45, 7) is 4.29. The molecule has 5 fully saturated rings. The van der Waals surface area contributed by atoms with E-state index in [2.05, 4.69) is 62.4 Å². The summed E-state index contributed by atoms with van der Waals surface area (Å²) in [5.41, 5.74) is 4.75. The van der Waals surface area contributed by atoms with E-state index < -0.39 is 0 Å². The topological polar surface area (TPSA) is 38.7 Å². The molecule has 3 heteroatoms. The fraction of sp³-hybridized carbons (Fsp3) is 0.595. The Balaban J connectivity index is 1.20. The van der Waals surface area contributed by atoms with Crippen molar-refractivity contribution in [2.45, 2.75) is 90.4 Å². The molecule has 1 aromatic heterocycles. The van der Waals surface area contributed by atoms with Crippen LogP contribution in [0.5, 0.6) is 0 Å². The van der Waals surface area contributed by atoms with E-state index >= 15 is 0 Å². The molecule has 5 aliphatic rings. The summed E-state index contributed by atoms with van der Waals surface area (Å²) >= 11 is 0. The van der Waals surface area contributed by atoms with Crippen molar-refractivity contribution >= 4 is 0 Å². The lowest BCUT2D eigenvalue weighted by atomic mass is 9.41. The first-order valence-electron chi connectivity index (χ1n) is 16.5. The van der Waals surface area contributed by atoms with Crippen LogP contribution in [0.1, 0.15) is 93.5 Å². The molecule has 40 heavy (non-hydrogen) atoms. The molecule has 9 atom stereocenters. The van der Waals surface area contributed by atoms with Crippen LogP contribution >= 0.6 is 0 Å². The van der Waals surface area contributed by atoms with Gasteiger partial charge in [0.05, 0.1) is 0 Å². The van der Waals surface area contributed by atoms with Gasteiger partial charge in [-0.3, -0.25) is 0 Å². The molecule has 9 unspecified atom stereocenters. The number of aryl methyl sites for hydroxylation is 2. The molecule has 8 rings (SSSR count). The fourth-order valence-electron chi connectivity index (χ4n) is 10.9. The summed E-state index contributed by atoms with van der Waals surface area (Å²) in [5.74, 6) is 11.0. The van der Waals surface area contributed by atoms with Gasteiger partial charge < -0.3 is 0 Å². The van der Waals surface area contributed by atoms with Gasteiger partial charge in [0, 0.05) is 17.0 Å². The zero-order valence-electron chi connectivity index (χ0n) is 24.4. The van der Waals surface area contributed by atoms with Crippen molar-refractivity contribution in [3.63, 3.8) is 0 Å². The van der Waals surface area contributed by atoms with E-state index in [0.29, 0.717) is 5.92 Å². The van der Waals surface area contributed by atoms with Gasteiger partial charge in [-0.15, -0.1) is 0 Å². The Kier molecular flexibility index (Phi) is 6.34. The summed E-state index contributed by atoms with van der Waals surface area (Å²) in [5, 5.41) is 0. The Morgan fingerprint density at radius 1 is 0.475 bits per heavy atom. The summed E-state index contributed by atoms with van der Waals surface area (Å²) < 4.78 is 0. The second-order valence-electron chi connectivity index (χ2n) is 14.3. The lowest BCUT2D eigenvalue weighted by molar-refractivity contribution is -0.142. The van der Waals surface area contributed by atoms with Crippen molar-refractivity contribution in [3.8, 4) is 22.8 Å². The Labute approximate surface area is 240 Å². The minimum atomic E-state index is 0.472. The molecule has 0 amide bonds. The van der Waals surface area contributed by atoms with Crippen molar-refractivity contribution in [3.05, 3.63) is 65.5 Å². The van der Waals surface area contributed by atoms with Crippen molar-refractivity contribution < 1.29 is 0 Å². The molecule has 5 saturated carbocycles. The second kappa shape index (κ2) is 10.1. The maximum Gasteiger partial charge on any atom is 0.163 e. The van der Waals surface area contributed by atoms with Gasteiger partial charge in [-0.25, -0.2) is 15.0 Å². The van der Waals surface area contributed by atoms with Crippen molar-refractivity contribution in [2.24, 2.45) is 47.3 Å². The minimum absolute atomic E-state index is 0.472. The quantitative estimate of drug-likeness (QED) is 0.338. The number of aromatic nitrogens is 3. The third-order valence-corrected chi connectivity index (χ3v) is 12.3. The van der Waals surface area contributed by atoms with Gasteiger partial charge in [-0.05, 0) is 99.7 Å². The fourth-order valence-corrected chi connectivity index (χ4v) is 10.9. The number of nitrogens with zero attached hydrogens (tertiary/aromatic N) is 3. The molecule has 0 bridgehead atoms. The Hall–Kier alpha value is -2.55. The van der Waals surface area contributed by atoms with Crippen LogP contribution in [0.15, 0.2) is 48.5 Å². The predicted octanol–water partition coefficient (Wildman–Crippen LogP) is 9.19. The van der Waals surface area contributed by atoms with E-state index in [1.165, 1.54) is 81.8 Å². The molecule has 2 aromatic carbocycles. The van der Waals surface area contributed by atoms with Crippen molar-refractivity contribution in [1.29, 1.82) is 0 Å². The summed E-state index contributed by atoms with van der Waals surface area (Å²) in [6, 6.07) is 17.5. The van der Waals surface area contributed by atoms with E-state index in [0.717, 1.165) is 75.9 Å². The molecule has 0 saturated heterocycles. The van der Waals surface area contributed by atoms with E-state index in [9.17, 15) is 0 Å². The molecular formula is C37H45N3. The van der Waals surface area contributed by atoms with Crippen LogP contribution in [0, 0.1) is 61.2 Å². The van der Waals surface area contributed by atoms with Gasteiger partial charge in [0.2, 0.25) is 0 Å². The monoisotopic (exact) mass is 531 g/mol. The van der Waals surface area contributed by atoms with Crippen LogP contribution in [-0.2, 0) is 0 Å². The van der Waals surface area contributed by atoms with Crippen LogP contribution < -0.4 is 0 Å². The third kappa shape index (κ3) is 4.17.